The standard InChI is InChI=1S/C6H12O3/c1-2-6(3-7)4(8)5(6)9/h4-5,7-9H,2-3H2,1H3. The molecule has 1 aliphatic carbocycles. The van der Waals surface area contributed by atoms with E-state index in [1.807, 2.05) is 6.92 Å². The molecule has 2 unspecified atom stereocenters. The molecule has 0 aromatic heterocycles. The Morgan fingerprint density at radius 3 is 1.78 bits per heavy atom. The van der Waals surface area contributed by atoms with Crippen molar-refractivity contribution in [2.24, 2.45) is 5.41 Å². The molecular formula is C6H12O3. The van der Waals surface area contributed by atoms with Gasteiger partial charge in [0, 0.05) is 0 Å². The van der Waals surface area contributed by atoms with Crippen molar-refractivity contribution in [1.29, 1.82) is 0 Å². The number of rotatable bonds is 2. The third-order valence-electron chi connectivity index (χ3n) is 2.32. The summed E-state index contributed by atoms with van der Waals surface area (Å²) in [5.41, 5.74) is -0.583. The van der Waals surface area contributed by atoms with Crippen molar-refractivity contribution in [3.05, 3.63) is 0 Å². The first-order valence-corrected chi connectivity index (χ1v) is 3.16. The summed E-state index contributed by atoms with van der Waals surface area (Å²) in [7, 11) is 0. The lowest BCUT2D eigenvalue weighted by molar-refractivity contribution is 0.135. The predicted octanol–water partition coefficient (Wildman–Crippen LogP) is -0.890. The lowest BCUT2D eigenvalue weighted by Crippen LogP contribution is -2.12. The van der Waals surface area contributed by atoms with Crippen LogP contribution in [0, 0.1) is 5.41 Å². The van der Waals surface area contributed by atoms with E-state index in [-0.39, 0.29) is 6.61 Å². The average molecular weight is 132 g/mol. The molecular weight excluding hydrogens is 120 g/mol. The molecule has 9 heavy (non-hydrogen) atoms. The Morgan fingerprint density at radius 1 is 1.33 bits per heavy atom. The van der Waals surface area contributed by atoms with Crippen LogP contribution in [0.4, 0.5) is 0 Å². The summed E-state index contributed by atoms with van der Waals surface area (Å²) >= 11 is 0. The van der Waals surface area contributed by atoms with E-state index in [1.165, 1.54) is 0 Å². The van der Waals surface area contributed by atoms with E-state index in [9.17, 15) is 0 Å². The van der Waals surface area contributed by atoms with Crippen LogP contribution in [0.3, 0.4) is 0 Å². The van der Waals surface area contributed by atoms with Crippen LogP contribution in [0.15, 0.2) is 0 Å². The van der Waals surface area contributed by atoms with Crippen LogP contribution in [0.1, 0.15) is 13.3 Å². The maximum absolute atomic E-state index is 8.94. The summed E-state index contributed by atoms with van der Waals surface area (Å²) < 4.78 is 0. The monoisotopic (exact) mass is 132 g/mol. The zero-order chi connectivity index (χ0) is 7.07. The highest BCUT2D eigenvalue weighted by molar-refractivity contribution is 5.11. The van der Waals surface area contributed by atoms with Crippen molar-refractivity contribution in [3.8, 4) is 0 Å². The lowest BCUT2D eigenvalue weighted by Gasteiger charge is -2.06. The average Bonchev–Trinajstić information content (AvgIpc) is 2.39. The molecule has 2 atom stereocenters. The number of hydrogen-bond donors (Lipinski definition) is 3. The van der Waals surface area contributed by atoms with Gasteiger partial charge < -0.3 is 15.3 Å². The fourth-order valence-electron chi connectivity index (χ4n) is 1.17. The molecule has 54 valence electrons. The second kappa shape index (κ2) is 1.94. The minimum Gasteiger partial charge on any atom is -0.396 e. The van der Waals surface area contributed by atoms with Crippen LogP contribution in [-0.4, -0.2) is 34.1 Å². The Balaban J connectivity index is 2.54. The first-order valence-electron chi connectivity index (χ1n) is 3.16. The molecule has 3 heteroatoms. The van der Waals surface area contributed by atoms with E-state index in [2.05, 4.69) is 0 Å². The quantitative estimate of drug-likeness (QED) is 0.457. The first-order chi connectivity index (χ1) is 4.19. The van der Waals surface area contributed by atoms with E-state index in [1.54, 1.807) is 0 Å². The molecule has 1 saturated carbocycles. The summed E-state index contributed by atoms with van der Waals surface area (Å²) in [6.07, 6.45) is -0.772. The minimum absolute atomic E-state index is 0.119. The third-order valence-corrected chi connectivity index (χ3v) is 2.32. The normalized spacial score (nSPS) is 49.3. The summed E-state index contributed by atoms with van der Waals surface area (Å²) in [6.45, 7) is 1.72. The first kappa shape index (κ1) is 6.99. The maximum atomic E-state index is 8.94. The van der Waals surface area contributed by atoms with Gasteiger partial charge in [-0.05, 0) is 6.42 Å². The van der Waals surface area contributed by atoms with Crippen molar-refractivity contribution < 1.29 is 15.3 Å². The molecule has 0 saturated heterocycles. The lowest BCUT2D eigenvalue weighted by atomic mass is 10.1. The summed E-state index contributed by atoms with van der Waals surface area (Å²) in [5.74, 6) is 0. The Kier molecular flexibility index (Phi) is 1.50. The molecule has 0 aromatic carbocycles. The van der Waals surface area contributed by atoms with Gasteiger partial charge in [-0.1, -0.05) is 6.92 Å². The van der Waals surface area contributed by atoms with Crippen LogP contribution in [0.25, 0.3) is 0 Å². The molecule has 0 heterocycles. The van der Waals surface area contributed by atoms with Crippen molar-refractivity contribution >= 4 is 0 Å². The van der Waals surface area contributed by atoms with Gasteiger partial charge in [0.1, 0.15) is 0 Å². The minimum atomic E-state index is -0.701. The number of aliphatic hydroxyl groups excluding tert-OH is 3. The van der Waals surface area contributed by atoms with Crippen LogP contribution >= 0.6 is 0 Å². The van der Waals surface area contributed by atoms with E-state index >= 15 is 0 Å². The Bertz CT molecular complexity index is 98.9. The Labute approximate surface area is 53.9 Å². The van der Waals surface area contributed by atoms with Gasteiger partial charge in [-0.15, -0.1) is 0 Å². The summed E-state index contributed by atoms with van der Waals surface area (Å²) in [5, 5.41) is 26.5. The molecule has 0 bridgehead atoms. The van der Waals surface area contributed by atoms with E-state index in [0.717, 1.165) is 0 Å². The molecule has 1 rings (SSSR count). The Morgan fingerprint density at radius 2 is 1.78 bits per heavy atom. The summed E-state index contributed by atoms with van der Waals surface area (Å²) in [6, 6.07) is 0. The van der Waals surface area contributed by atoms with E-state index in [4.69, 9.17) is 15.3 Å². The Hall–Kier alpha value is -0.120. The van der Waals surface area contributed by atoms with E-state index in [0.29, 0.717) is 6.42 Å². The molecule has 3 nitrogen and oxygen atoms in total. The maximum Gasteiger partial charge on any atom is 0.0910 e. The highest BCUT2D eigenvalue weighted by Gasteiger charge is 2.62. The van der Waals surface area contributed by atoms with Crippen LogP contribution < -0.4 is 0 Å². The van der Waals surface area contributed by atoms with Crippen LogP contribution in [0.5, 0.6) is 0 Å². The van der Waals surface area contributed by atoms with Gasteiger partial charge in [-0.25, -0.2) is 0 Å². The second-order valence-corrected chi connectivity index (χ2v) is 2.63. The molecule has 3 N–H and O–H groups in total. The van der Waals surface area contributed by atoms with Gasteiger partial charge in [0.05, 0.1) is 24.2 Å². The molecule has 0 aromatic rings. The SMILES string of the molecule is CCC1(CO)C(O)C1O. The van der Waals surface area contributed by atoms with Crippen molar-refractivity contribution in [2.45, 2.75) is 25.6 Å². The summed E-state index contributed by atoms with van der Waals surface area (Å²) in [4.78, 5) is 0. The molecule has 1 aliphatic rings. The largest absolute Gasteiger partial charge is 0.396 e. The van der Waals surface area contributed by atoms with Gasteiger partial charge in [0.25, 0.3) is 0 Å². The highest BCUT2D eigenvalue weighted by atomic mass is 16.4. The van der Waals surface area contributed by atoms with Crippen molar-refractivity contribution in [3.63, 3.8) is 0 Å². The third kappa shape index (κ3) is 0.689. The predicted molar refractivity (Wildman–Crippen MR) is 31.8 cm³/mol. The van der Waals surface area contributed by atoms with Gasteiger partial charge in [0.2, 0.25) is 0 Å². The van der Waals surface area contributed by atoms with Crippen molar-refractivity contribution in [1.82, 2.24) is 0 Å². The fourth-order valence-corrected chi connectivity index (χ4v) is 1.17. The number of hydrogen-bond acceptors (Lipinski definition) is 3. The van der Waals surface area contributed by atoms with Crippen LogP contribution in [0.2, 0.25) is 0 Å². The van der Waals surface area contributed by atoms with Gasteiger partial charge in [-0.3, -0.25) is 0 Å². The highest BCUT2D eigenvalue weighted by Crippen LogP contribution is 2.48. The van der Waals surface area contributed by atoms with Gasteiger partial charge >= 0.3 is 0 Å². The van der Waals surface area contributed by atoms with Gasteiger partial charge in [0.15, 0.2) is 0 Å². The van der Waals surface area contributed by atoms with Crippen molar-refractivity contribution in [2.75, 3.05) is 6.61 Å². The molecule has 0 spiro atoms. The molecule has 0 radical (unpaired) electrons. The topological polar surface area (TPSA) is 60.7 Å². The molecule has 1 fully saturated rings. The fraction of sp³-hybridized carbons (Fsp3) is 1.00. The number of aliphatic hydroxyl groups is 3. The molecule has 0 aliphatic heterocycles. The van der Waals surface area contributed by atoms with E-state index < -0.39 is 17.6 Å². The molecule has 0 amide bonds. The zero-order valence-electron chi connectivity index (χ0n) is 5.41. The second-order valence-electron chi connectivity index (χ2n) is 2.63. The zero-order valence-corrected chi connectivity index (χ0v) is 5.41. The van der Waals surface area contributed by atoms with Crippen LogP contribution in [-0.2, 0) is 0 Å². The smallest absolute Gasteiger partial charge is 0.0910 e. The van der Waals surface area contributed by atoms with Gasteiger partial charge in [-0.2, -0.15) is 0 Å².